The molecule has 2 atom stereocenters. The summed E-state index contributed by atoms with van der Waals surface area (Å²) in [6.07, 6.45) is 22.1. The fourth-order valence-corrected chi connectivity index (χ4v) is 3.84. The van der Waals surface area contributed by atoms with Gasteiger partial charge in [0, 0.05) is 6.42 Å². The van der Waals surface area contributed by atoms with E-state index >= 15 is 0 Å². The summed E-state index contributed by atoms with van der Waals surface area (Å²) in [6.45, 7) is 2.01. The molecule has 0 radical (unpaired) electrons. The second-order valence-corrected chi connectivity index (χ2v) is 9.32. The van der Waals surface area contributed by atoms with Gasteiger partial charge in [-0.25, -0.2) is 4.79 Å². The number of allylic oxidation sites excluding steroid dienone is 2. The largest absolute Gasteiger partial charge is 0.480 e. The topological polar surface area (TPSA) is 142 Å². The highest BCUT2D eigenvalue weighted by Crippen LogP contribution is 2.10. The van der Waals surface area contributed by atoms with E-state index in [1.54, 1.807) is 0 Å². The van der Waals surface area contributed by atoms with E-state index in [1.165, 1.54) is 44.9 Å². The molecule has 0 saturated heterocycles. The number of aliphatic hydroxyl groups is 1. The van der Waals surface area contributed by atoms with Gasteiger partial charge in [-0.05, 0) is 57.9 Å². The first kappa shape index (κ1) is 33.1. The lowest BCUT2D eigenvalue weighted by atomic mass is 10.1. The van der Waals surface area contributed by atoms with Gasteiger partial charge >= 0.3 is 5.97 Å². The lowest BCUT2D eigenvalue weighted by Gasteiger charge is -2.20. The lowest BCUT2D eigenvalue weighted by molar-refractivity contribution is -0.143. The predicted octanol–water partition coefficient (Wildman–Crippen LogP) is 4.20. The standard InChI is InChI=1S/C27H51N3O5/c1-2-3-4-5-6-7-8-9-10-11-12-13-14-15-16-20-25(32)29-23(19-17-18-21-28)26(33)30-24(22-31)27(34)35/h9-10,23-24,31H,2-8,11-22,28H2,1H3,(H,29,32)(H,30,33)(H,34,35)/b10-9-/t23-,24-/m0/s1. The molecule has 0 aromatic carbocycles. The molecular formula is C27H51N3O5. The van der Waals surface area contributed by atoms with E-state index < -0.39 is 30.6 Å². The number of carbonyl (C=O) groups excluding carboxylic acids is 2. The first-order chi connectivity index (χ1) is 17.0. The molecule has 0 aliphatic heterocycles. The Morgan fingerprint density at radius 3 is 1.89 bits per heavy atom. The van der Waals surface area contributed by atoms with Crippen LogP contribution in [0.4, 0.5) is 0 Å². The minimum atomic E-state index is -1.39. The zero-order valence-electron chi connectivity index (χ0n) is 21.9. The number of carboxylic acids is 1. The van der Waals surface area contributed by atoms with Crippen molar-refractivity contribution >= 4 is 17.8 Å². The van der Waals surface area contributed by atoms with Crippen LogP contribution in [0.3, 0.4) is 0 Å². The van der Waals surface area contributed by atoms with Crippen LogP contribution in [-0.2, 0) is 14.4 Å². The maximum Gasteiger partial charge on any atom is 0.328 e. The zero-order chi connectivity index (χ0) is 26.2. The highest BCUT2D eigenvalue weighted by molar-refractivity contribution is 5.90. The van der Waals surface area contributed by atoms with E-state index in [1.807, 2.05) is 0 Å². The van der Waals surface area contributed by atoms with E-state index in [4.69, 9.17) is 15.9 Å². The van der Waals surface area contributed by atoms with Crippen LogP contribution in [0, 0.1) is 0 Å². The van der Waals surface area contributed by atoms with Crippen molar-refractivity contribution in [2.45, 2.75) is 128 Å². The molecule has 8 heteroatoms. The number of amides is 2. The van der Waals surface area contributed by atoms with Crippen LogP contribution in [0.2, 0.25) is 0 Å². The number of unbranched alkanes of at least 4 members (excludes halogenated alkanes) is 12. The van der Waals surface area contributed by atoms with Gasteiger partial charge < -0.3 is 26.6 Å². The van der Waals surface area contributed by atoms with Gasteiger partial charge in [0.05, 0.1) is 6.61 Å². The molecule has 204 valence electrons. The molecule has 6 N–H and O–H groups in total. The molecule has 0 rings (SSSR count). The number of hydrogen-bond acceptors (Lipinski definition) is 5. The van der Waals surface area contributed by atoms with Crippen LogP contribution in [-0.4, -0.2) is 53.2 Å². The van der Waals surface area contributed by atoms with Crippen molar-refractivity contribution in [1.82, 2.24) is 10.6 Å². The Hall–Kier alpha value is -1.93. The molecule has 0 bridgehead atoms. The van der Waals surface area contributed by atoms with Crippen molar-refractivity contribution < 1.29 is 24.6 Å². The summed E-state index contributed by atoms with van der Waals surface area (Å²) in [5.41, 5.74) is 5.50. The fraction of sp³-hybridized carbons (Fsp3) is 0.815. The Kier molecular flexibility index (Phi) is 22.5. The van der Waals surface area contributed by atoms with Crippen molar-refractivity contribution in [3.8, 4) is 0 Å². The summed E-state index contributed by atoms with van der Waals surface area (Å²) in [5, 5.41) is 23.1. The summed E-state index contributed by atoms with van der Waals surface area (Å²) in [4.78, 5) is 35.8. The summed E-state index contributed by atoms with van der Waals surface area (Å²) in [7, 11) is 0. The third kappa shape index (κ3) is 20.0. The van der Waals surface area contributed by atoms with E-state index in [0.29, 0.717) is 32.2 Å². The van der Waals surface area contributed by atoms with E-state index in [9.17, 15) is 14.4 Å². The van der Waals surface area contributed by atoms with Crippen LogP contribution in [0.1, 0.15) is 116 Å². The van der Waals surface area contributed by atoms with Crippen LogP contribution in [0.5, 0.6) is 0 Å². The minimum absolute atomic E-state index is 0.216. The molecule has 2 amide bonds. The zero-order valence-corrected chi connectivity index (χ0v) is 21.9. The molecule has 0 aromatic rings. The molecule has 0 spiro atoms. The summed E-state index contributed by atoms with van der Waals surface area (Å²) in [6, 6.07) is -2.22. The van der Waals surface area contributed by atoms with E-state index in [-0.39, 0.29) is 5.91 Å². The van der Waals surface area contributed by atoms with Crippen LogP contribution < -0.4 is 16.4 Å². The third-order valence-corrected chi connectivity index (χ3v) is 6.06. The molecule has 0 aliphatic carbocycles. The Labute approximate surface area is 212 Å². The summed E-state index contributed by atoms with van der Waals surface area (Å²) in [5.74, 6) is -2.13. The molecular weight excluding hydrogens is 446 g/mol. The number of nitrogens with one attached hydrogen (secondary N) is 2. The number of rotatable bonds is 24. The van der Waals surface area contributed by atoms with Gasteiger partial charge in [0.2, 0.25) is 11.8 Å². The third-order valence-electron chi connectivity index (χ3n) is 6.06. The smallest absolute Gasteiger partial charge is 0.328 e. The summed E-state index contributed by atoms with van der Waals surface area (Å²) < 4.78 is 0. The average Bonchev–Trinajstić information content (AvgIpc) is 2.84. The van der Waals surface area contributed by atoms with Crippen molar-refractivity contribution in [2.75, 3.05) is 13.2 Å². The molecule has 0 fully saturated rings. The average molecular weight is 498 g/mol. The van der Waals surface area contributed by atoms with Gasteiger partial charge in [-0.3, -0.25) is 9.59 Å². The van der Waals surface area contributed by atoms with Gasteiger partial charge in [-0.1, -0.05) is 70.4 Å². The van der Waals surface area contributed by atoms with Crippen molar-refractivity contribution in [3.63, 3.8) is 0 Å². The number of carbonyl (C=O) groups is 3. The highest BCUT2D eigenvalue weighted by Gasteiger charge is 2.25. The molecule has 0 unspecified atom stereocenters. The lowest BCUT2D eigenvalue weighted by Crippen LogP contribution is -2.52. The first-order valence-corrected chi connectivity index (χ1v) is 13.7. The maximum absolute atomic E-state index is 12.4. The SMILES string of the molecule is CCCCCCCC/C=C\CCCCCCCC(=O)N[C@@H](CCCCN)C(=O)N[C@@H](CO)C(=O)O. The van der Waals surface area contributed by atoms with Crippen LogP contribution in [0.15, 0.2) is 12.2 Å². The highest BCUT2D eigenvalue weighted by atomic mass is 16.4. The van der Waals surface area contributed by atoms with Crippen LogP contribution >= 0.6 is 0 Å². The Balaban J connectivity index is 4.00. The van der Waals surface area contributed by atoms with Crippen molar-refractivity contribution in [3.05, 3.63) is 12.2 Å². The molecule has 0 saturated carbocycles. The first-order valence-electron chi connectivity index (χ1n) is 13.7. The number of carboxylic acid groups (broad SMARTS) is 1. The molecule has 0 heterocycles. The van der Waals surface area contributed by atoms with E-state index in [0.717, 1.165) is 38.5 Å². The second kappa shape index (κ2) is 23.8. The monoisotopic (exact) mass is 497 g/mol. The van der Waals surface area contributed by atoms with Gasteiger partial charge in [-0.15, -0.1) is 0 Å². The van der Waals surface area contributed by atoms with E-state index in [2.05, 4.69) is 29.7 Å². The number of aliphatic carboxylic acids is 1. The molecule has 35 heavy (non-hydrogen) atoms. The minimum Gasteiger partial charge on any atom is -0.480 e. The Morgan fingerprint density at radius 1 is 0.771 bits per heavy atom. The predicted molar refractivity (Wildman–Crippen MR) is 141 cm³/mol. The van der Waals surface area contributed by atoms with Crippen molar-refractivity contribution in [2.24, 2.45) is 5.73 Å². The Bertz CT molecular complexity index is 583. The maximum atomic E-state index is 12.4. The van der Waals surface area contributed by atoms with Gasteiger partial charge in [-0.2, -0.15) is 0 Å². The van der Waals surface area contributed by atoms with Gasteiger partial charge in [0.25, 0.3) is 0 Å². The quantitative estimate of drug-likeness (QED) is 0.0999. The summed E-state index contributed by atoms with van der Waals surface area (Å²) >= 11 is 0. The second-order valence-electron chi connectivity index (χ2n) is 9.32. The molecule has 8 nitrogen and oxygen atoms in total. The Morgan fingerprint density at radius 2 is 1.34 bits per heavy atom. The van der Waals surface area contributed by atoms with Gasteiger partial charge in [0.15, 0.2) is 0 Å². The molecule has 0 aliphatic rings. The van der Waals surface area contributed by atoms with Crippen molar-refractivity contribution in [1.29, 1.82) is 0 Å². The number of aliphatic hydroxyl groups excluding tert-OH is 1. The number of hydrogen-bond donors (Lipinski definition) is 5. The fourth-order valence-electron chi connectivity index (χ4n) is 3.84. The van der Waals surface area contributed by atoms with Gasteiger partial charge in [0.1, 0.15) is 12.1 Å². The van der Waals surface area contributed by atoms with Crippen LogP contribution in [0.25, 0.3) is 0 Å². The molecule has 0 aromatic heterocycles. The normalized spacial score (nSPS) is 13.0. The number of nitrogens with two attached hydrogens (primary N) is 1.